The Kier molecular flexibility index (Phi) is 14.6. The van der Waals surface area contributed by atoms with Crippen molar-refractivity contribution in [2.45, 2.75) is 111 Å². The van der Waals surface area contributed by atoms with Gasteiger partial charge in [0, 0.05) is 20.1 Å². The number of carbonyl (C=O) groups excluding carboxylic acids is 6. The van der Waals surface area contributed by atoms with Gasteiger partial charge in [0.1, 0.15) is 18.7 Å². The zero-order valence-electron chi connectivity index (χ0n) is 31.0. The molecule has 1 aromatic carbocycles. The number of unbranched alkanes of at least 4 members (excludes halogenated alkanes) is 1. The molecule has 1 saturated heterocycles. The highest BCUT2D eigenvalue weighted by Gasteiger charge is 2.47. The lowest BCUT2D eigenvalue weighted by Crippen LogP contribution is -2.61. The van der Waals surface area contributed by atoms with E-state index in [4.69, 9.17) is 4.74 Å². The molecule has 6 amide bonds. The van der Waals surface area contributed by atoms with Crippen LogP contribution in [0.3, 0.4) is 0 Å². The van der Waals surface area contributed by atoms with Crippen LogP contribution >= 0.6 is 0 Å². The standard InChI is InChI=1S/C37H58N6O7/c1-9-11-16-27(31(44)33(46)38-8)40-32(45)30-26(22(3)4)17-18-43(30)34(47)29(25-19-23-14-12-13-15-24(23)20-25)42-35(48)41-28(37(5,6)7)21-50-36(49)39-10-2/h12-15,22,25-30H,9-11,16-21H2,1-8H3,(H,38,46)(H,39,49)(H,40,45)(H2,41,42,48)/t26-,27?,28-,29+,30+/m1/s1. The minimum absolute atomic E-state index is 0.0372. The number of Topliss-reactive ketones (excluding diaryl/α,β-unsaturated/α-hetero) is 1. The fourth-order valence-corrected chi connectivity index (χ4v) is 6.91. The molecule has 0 bridgehead atoms. The minimum Gasteiger partial charge on any atom is -0.447 e. The van der Waals surface area contributed by atoms with Crippen molar-refractivity contribution in [1.82, 2.24) is 31.5 Å². The number of ketones is 1. The first-order valence-electron chi connectivity index (χ1n) is 18.0. The Labute approximate surface area is 296 Å². The Hall–Kier alpha value is -4.16. The van der Waals surface area contributed by atoms with E-state index in [0.29, 0.717) is 45.2 Å². The predicted molar refractivity (Wildman–Crippen MR) is 190 cm³/mol. The molecule has 1 unspecified atom stereocenters. The smallest absolute Gasteiger partial charge is 0.407 e. The van der Waals surface area contributed by atoms with E-state index in [1.54, 1.807) is 11.8 Å². The Morgan fingerprint density at radius 1 is 0.960 bits per heavy atom. The molecule has 0 aromatic heterocycles. The summed E-state index contributed by atoms with van der Waals surface area (Å²) in [7, 11) is 1.37. The molecule has 13 nitrogen and oxygen atoms in total. The van der Waals surface area contributed by atoms with E-state index in [-0.39, 0.29) is 30.3 Å². The highest BCUT2D eigenvalue weighted by atomic mass is 16.5. The van der Waals surface area contributed by atoms with E-state index in [0.717, 1.165) is 17.5 Å². The number of benzene rings is 1. The first-order valence-corrected chi connectivity index (χ1v) is 18.0. The Morgan fingerprint density at radius 2 is 1.60 bits per heavy atom. The van der Waals surface area contributed by atoms with Crippen molar-refractivity contribution < 1.29 is 33.5 Å². The lowest BCUT2D eigenvalue weighted by Gasteiger charge is -2.35. The van der Waals surface area contributed by atoms with Gasteiger partial charge in [-0.05, 0) is 66.9 Å². The van der Waals surface area contributed by atoms with Crippen molar-refractivity contribution in [3.05, 3.63) is 35.4 Å². The Balaban J connectivity index is 1.92. The Morgan fingerprint density at radius 3 is 2.14 bits per heavy atom. The number of alkyl carbamates (subject to hydrolysis) is 1. The van der Waals surface area contributed by atoms with Gasteiger partial charge >= 0.3 is 12.1 Å². The normalized spacial score (nSPS) is 19.2. The van der Waals surface area contributed by atoms with Crippen LogP contribution in [0.25, 0.3) is 0 Å². The maximum Gasteiger partial charge on any atom is 0.407 e. The van der Waals surface area contributed by atoms with Crippen molar-refractivity contribution in [2.75, 3.05) is 26.7 Å². The number of likely N-dealkylation sites (tertiary alicyclic amines) is 1. The van der Waals surface area contributed by atoms with E-state index in [1.165, 1.54) is 7.05 Å². The summed E-state index contributed by atoms with van der Waals surface area (Å²) < 4.78 is 5.36. The van der Waals surface area contributed by atoms with Gasteiger partial charge < -0.3 is 36.2 Å². The van der Waals surface area contributed by atoms with Gasteiger partial charge in [0.25, 0.3) is 5.91 Å². The van der Waals surface area contributed by atoms with Crippen LogP contribution in [0.4, 0.5) is 9.59 Å². The summed E-state index contributed by atoms with van der Waals surface area (Å²) in [5, 5.41) is 13.7. The SMILES string of the molecule is CCCCC(NC(=O)[C@@H]1[C@@H](C(C)C)CCN1C(=O)[C@@H](NC(=O)N[C@H](COC(=O)NCC)C(C)(C)C)C1Cc2ccccc2C1)C(=O)C(=O)NC. The number of likely N-dealkylation sites (N-methyl/N-ethyl adjacent to an activating group) is 1. The summed E-state index contributed by atoms with van der Waals surface area (Å²) in [5.41, 5.74) is 1.71. The number of urea groups is 1. The molecule has 3 rings (SSSR count). The Bertz CT molecular complexity index is 1350. The van der Waals surface area contributed by atoms with E-state index in [2.05, 4.69) is 26.6 Å². The van der Waals surface area contributed by atoms with E-state index in [9.17, 15) is 28.8 Å². The van der Waals surface area contributed by atoms with Crippen molar-refractivity contribution in [3.63, 3.8) is 0 Å². The molecule has 0 radical (unpaired) electrons. The number of nitrogens with one attached hydrogen (secondary N) is 5. The van der Waals surface area contributed by atoms with E-state index < -0.39 is 59.3 Å². The fraction of sp³-hybridized carbons (Fsp3) is 0.676. The molecular weight excluding hydrogens is 640 g/mol. The molecule has 1 fully saturated rings. The summed E-state index contributed by atoms with van der Waals surface area (Å²) in [6, 6.07) is 3.88. The molecule has 0 saturated carbocycles. The highest BCUT2D eigenvalue weighted by molar-refractivity contribution is 6.38. The molecule has 5 atom stereocenters. The molecule has 1 aliphatic heterocycles. The molecule has 1 aliphatic carbocycles. The van der Waals surface area contributed by atoms with Crippen LogP contribution in [0.1, 0.15) is 85.3 Å². The van der Waals surface area contributed by atoms with Crippen molar-refractivity contribution in [1.29, 1.82) is 0 Å². The number of hydrogen-bond acceptors (Lipinski definition) is 7. The number of fused-ring (bicyclic) bond motifs is 1. The maximum absolute atomic E-state index is 14.7. The first-order chi connectivity index (χ1) is 23.6. The second-order valence-electron chi connectivity index (χ2n) is 14.9. The number of rotatable bonds is 15. The van der Waals surface area contributed by atoms with Crippen molar-refractivity contribution >= 4 is 35.6 Å². The van der Waals surface area contributed by atoms with Crippen LogP contribution in [0.15, 0.2) is 24.3 Å². The number of nitrogens with zero attached hydrogens (tertiary/aromatic N) is 1. The predicted octanol–water partition coefficient (Wildman–Crippen LogP) is 3.09. The summed E-state index contributed by atoms with van der Waals surface area (Å²) in [6.45, 7) is 14.1. The largest absolute Gasteiger partial charge is 0.447 e. The third-order valence-corrected chi connectivity index (χ3v) is 9.94. The van der Waals surface area contributed by atoms with Crippen molar-refractivity contribution in [2.24, 2.45) is 23.2 Å². The molecule has 50 heavy (non-hydrogen) atoms. The van der Waals surface area contributed by atoms with Gasteiger partial charge in [0.15, 0.2) is 0 Å². The van der Waals surface area contributed by atoms with Crippen LogP contribution in [0.5, 0.6) is 0 Å². The molecule has 1 heterocycles. The highest BCUT2D eigenvalue weighted by Crippen LogP contribution is 2.35. The molecule has 2 aliphatic rings. The van der Waals surface area contributed by atoms with Gasteiger partial charge in [-0.25, -0.2) is 9.59 Å². The van der Waals surface area contributed by atoms with E-state index in [1.807, 2.05) is 65.8 Å². The average Bonchev–Trinajstić information content (AvgIpc) is 3.71. The van der Waals surface area contributed by atoms with Gasteiger partial charge in [-0.2, -0.15) is 0 Å². The summed E-state index contributed by atoms with van der Waals surface area (Å²) >= 11 is 0. The van der Waals surface area contributed by atoms with Gasteiger partial charge in [-0.15, -0.1) is 0 Å². The van der Waals surface area contributed by atoms with Gasteiger partial charge in [0.2, 0.25) is 17.6 Å². The van der Waals surface area contributed by atoms with Crippen LogP contribution in [-0.4, -0.2) is 91.4 Å². The third-order valence-electron chi connectivity index (χ3n) is 9.94. The number of hydrogen-bond donors (Lipinski definition) is 5. The van der Waals surface area contributed by atoms with Gasteiger partial charge in [0.05, 0.1) is 12.1 Å². The zero-order valence-corrected chi connectivity index (χ0v) is 31.0. The minimum atomic E-state index is -1.02. The molecule has 13 heteroatoms. The number of carbonyl (C=O) groups is 6. The maximum atomic E-state index is 14.7. The lowest BCUT2D eigenvalue weighted by molar-refractivity contribution is -0.144. The molecule has 5 N–H and O–H groups in total. The van der Waals surface area contributed by atoms with E-state index >= 15 is 0 Å². The first kappa shape index (κ1) is 40.3. The molecule has 1 aromatic rings. The topological polar surface area (TPSA) is 175 Å². The number of amides is 6. The van der Waals surface area contributed by atoms with Crippen LogP contribution in [0, 0.1) is 23.2 Å². The van der Waals surface area contributed by atoms with Gasteiger partial charge in [-0.3, -0.25) is 19.2 Å². The average molecular weight is 699 g/mol. The van der Waals surface area contributed by atoms with Gasteiger partial charge in [-0.1, -0.05) is 78.6 Å². The third kappa shape index (κ3) is 10.4. The lowest BCUT2D eigenvalue weighted by atomic mass is 9.87. The summed E-state index contributed by atoms with van der Waals surface area (Å²) in [6.07, 6.45) is 2.79. The number of ether oxygens (including phenoxy) is 1. The second kappa shape index (κ2) is 18.2. The molecule has 278 valence electrons. The zero-order chi connectivity index (χ0) is 37.2. The fourth-order valence-electron chi connectivity index (χ4n) is 6.91. The van der Waals surface area contributed by atoms with Crippen LogP contribution < -0.4 is 26.6 Å². The molecule has 0 spiro atoms. The second-order valence-corrected chi connectivity index (χ2v) is 14.9. The van der Waals surface area contributed by atoms with Crippen LogP contribution in [-0.2, 0) is 36.8 Å². The summed E-state index contributed by atoms with van der Waals surface area (Å²) in [5.74, 6) is -2.82. The molecular formula is C37H58N6O7. The quantitative estimate of drug-likeness (QED) is 0.175. The monoisotopic (exact) mass is 698 g/mol. The van der Waals surface area contributed by atoms with Crippen LogP contribution in [0.2, 0.25) is 0 Å². The van der Waals surface area contributed by atoms with Crippen molar-refractivity contribution in [3.8, 4) is 0 Å². The summed E-state index contributed by atoms with van der Waals surface area (Å²) in [4.78, 5) is 81.4.